The summed E-state index contributed by atoms with van der Waals surface area (Å²) in [6.07, 6.45) is 0. The lowest BCUT2D eigenvalue weighted by atomic mass is 10.2. The highest BCUT2D eigenvalue weighted by Gasteiger charge is 2.13. The minimum absolute atomic E-state index is 0.386. The number of nitrogens with one attached hydrogen (secondary N) is 1. The molecule has 0 aliphatic rings. The van der Waals surface area contributed by atoms with Gasteiger partial charge in [-0.1, -0.05) is 11.6 Å². The van der Waals surface area contributed by atoms with E-state index in [-0.39, 0.29) is 0 Å². The van der Waals surface area contributed by atoms with Crippen LogP contribution in [0.2, 0.25) is 5.02 Å². The summed E-state index contributed by atoms with van der Waals surface area (Å²) in [6, 6.07) is 2.89. The molecule has 0 spiro atoms. The molecule has 1 aromatic carbocycles. The molecule has 0 aliphatic carbocycles. The van der Waals surface area contributed by atoms with Crippen molar-refractivity contribution in [2.24, 2.45) is 0 Å². The number of halogens is 1. The topological polar surface area (TPSA) is 67.8 Å². The van der Waals surface area contributed by atoms with Crippen LogP contribution in [0, 0.1) is 0 Å². The number of hydrogen-bond acceptors (Lipinski definition) is 4. The van der Waals surface area contributed by atoms with E-state index in [2.05, 4.69) is 5.32 Å². The van der Waals surface area contributed by atoms with Crippen LogP contribution in [0.3, 0.4) is 0 Å². The minimum Gasteiger partial charge on any atom is -0.491 e. The summed E-state index contributed by atoms with van der Waals surface area (Å²) in [5, 5.41) is 12.1. The molecule has 0 radical (unpaired) electrons. The van der Waals surface area contributed by atoms with Crippen LogP contribution >= 0.6 is 11.6 Å². The third kappa shape index (κ3) is 4.29. The van der Waals surface area contributed by atoms with Gasteiger partial charge in [0.1, 0.15) is 6.04 Å². The van der Waals surface area contributed by atoms with Crippen molar-refractivity contribution >= 4 is 17.6 Å². The van der Waals surface area contributed by atoms with Gasteiger partial charge >= 0.3 is 5.97 Å². The molecule has 5 nitrogen and oxygen atoms in total. The van der Waals surface area contributed by atoms with Crippen molar-refractivity contribution in [2.45, 2.75) is 26.4 Å². The molecular formula is C13H18ClNO4. The van der Waals surface area contributed by atoms with Crippen LogP contribution in [0.4, 0.5) is 0 Å². The predicted octanol–water partition coefficient (Wildman–Crippen LogP) is 2.31. The number of rotatable bonds is 7. The standard InChI is InChI=1S/C13H18ClNO4/c1-4-19-11-6-9(5-10(14)12(11)18-3)7-15-8(2)13(16)17/h5-6,8,15H,4,7H2,1-3H3,(H,16,17). The lowest BCUT2D eigenvalue weighted by molar-refractivity contribution is -0.139. The van der Waals surface area contributed by atoms with E-state index in [4.69, 9.17) is 26.2 Å². The van der Waals surface area contributed by atoms with Gasteiger partial charge in [-0.25, -0.2) is 0 Å². The van der Waals surface area contributed by atoms with Gasteiger partial charge in [0.05, 0.1) is 18.7 Å². The van der Waals surface area contributed by atoms with Crippen molar-refractivity contribution in [1.82, 2.24) is 5.32 Å². The first kappa shape index (κ1) is 15.6. The first-order valence-corrected chi connectivity index (χ1v) is 6.32. The van der Waals surface area contributed by atoms with Gasteiger partial charge in [0.25, 0.3) is 0 Å². The third-order valence-electron chi connectivity index (χ3n) is 2.56. The van der Waals surface area contributed by atoms with Crippen LogP contribution in [0.1, 0.15) is 19.4 Å². The monoisotopic (exact) mass is 287 g/mol. The van der Waals surface area contributed by atoms with Crippen LogP contribution in [0.15, 0.2) is 12.1 Å². The largest absolute Gasteiger partial charge is 0.491 e. The molecule has 6 heteroatoms. The van der Waals surface area contributed by atoms with E-state index in [1.807, 2.05) is 6.92 Å². The number of hydrogen-bond donors (Lipinski definition) is 2. The maximum atomic E-state index is 10.7. The fourth-order valence-corrected chi connectivity index (χ4v) is 1.85. The van der Waals surface area contributed by atoms with Crippen LogP contribution < -0.4 is 14.8 Å². The first-order chi connectivity index (χ1) is 8.99. The molecule has 1 rings (SSSR count). The zero-order valence-corrected chi connectivity index (χ0v) is 12.0. The van der Waals surface area contributed by atoms with E-state index in [1.165, 1.54) is 7.11 Å². The summed E-state index contributed by atoms with van der Waals surface area (Å²) in [7, 11) is 1.52. The van der Waals surface area contributed by atoms with Crippen LogP contribution in [-0.2, 0) is 11.3 Å². The van der Waals surface area contributed by atoms with E-state index in [0.717, 1.165) is 5.56 Å². The number of ether oxygens (including phenoxy) is 2. The highest BCUT2D eigenvalue weighted by molar-refractivity contribution is 6.32. The van der Waals surface area contributed by atoms with Gasteiger partial charge in [0, 0.05) is 6.54 Å². The number of carbonyl (C=O) groups is 1. The Balaban J connectivity index is 2.87. The van der Waals surface area contributed by atoms with Crippen molar-refractivity contribution in [2.75, 3.05) is 13.7 Å². The summed E-state index contributed by atoms with van der Waals surface area (Å²) >= 11 is 6.10. The summed E-state index contributed by atoms with van der Waals surface area (Å²) in [4.78, 5) is 10.7. The summed E-state index contributed by atoms with van der Waals surface area (Å²) in [6.45, 7) is 4.33. The fourth-order valence-electron chi connectivity index (χ4n) is 1.54. The third-order valence-corrected chi connectivity index (χ3v) is 2.84. The van der Waals surface area contributed by atoms with E-state index in [1.54, 1.807) is 19.1 Å². The van der Waals surface area contributed by atoms with Crippen molar-refractivity contribution in [1.29, 1.82) is 0 Å². The second-order valence-electron chi connectivity index (χ2n) is 3.98. The average molecular weight is 288 g/mol. The summed E-state index contributed by atoms with van der Waals surface area (Å²) < 4.78 is 10.6. The van der Waals surface area contributed by atoms with Gasteiger partial charge in [-0.2, -0.15) is 0 Å². The molecule has 1 aromatic rings. The molecule has 0 aliphatic heterocycles. The fraction of sp³-hybridized carbons (Fsp3) is 0.462. The minimum atomic E-state index is -0.898. The smallest absolute Gasteiger partial charge is 0.320 e. The second kappa shape index (κ2) is 7.21. The van der Waals surface area contributed by atoms with E-state index >= 15 is 0 Å². The summed E-state index contributed by atoms with van der Waals surface area (Å²) in [5.41, 5.74) is 0.836. The molecule has 19 heavy (non-hydrogen) atoms. The van der Waals surface area contributed by atoms with Crippen LogP contribution in [0.25, 0.3) is 0 Å². The van der Waals surface area contributed by atoms with Crippen molar-refractivity contribution in [3.63, 3.8) is 0 Å². The Morgan fingerprint density at radius 2 is 2.21 bits per heavy atom. The molecule has 106 valence electrons. The van der Waals surface area contributed by atoms with Gasteiger partial charge in [-0.15, -0.1) is 0 Å². The van der Waals surface area contributed by atoms with Crippen LogP contribution in [-0.4, -0.2) is 30.8 Å². The Kier molecular flexibility index (Phi) is 5.92. The van der Waals surface area contributed by atoms with Gasteiger partial charge in [-0.05, 0) is 31.5 Å². The van der Waals surface area contributed by atoms with Crippen molar-refractivity contribution in [3.05, 3.63) is 22.7 Å². The number of carboxylic acid groups (broad SMARTS) is 1. The van der Waals surface area contributed by atoms with E-state index in [0.29, 0.717) is 29.7 Å². The highest BCUT2D eigenvalue weighted by Crippen LogP contribution is 2.36. The normalized spacial score (nSPS) is 12.0. The maximum absolute atomic E-state index is 10.7. The Morgan fingerprint density at radius 1 is 1.53 bits per heavy atom. The predicted molar refractivity (Wildman–Crippen MR) is 73.1 cm³/mol. The van der Waals surface area contributed by atoms with Gasteiger partial charge in [0.15, 0.2) is 11.5 Å². The first-order valence-electron chi connectivity index (χ1n) is 5.95. The zero-order chi connectivity index (χ0) is 14.4. The Hall–Kier alpha value is -1.46. The number of carboxylic acids is 1. The summed E-state index contributed by atoms with van der Waals surface area (Å²) in [5.74, 6) is 0.139. The number of aliphatic carboxylic acids is 1. The lowest BCUT2D eigenvalue weighted by Gasteiger charge is -2.14. The highest BCUT2D eigenvalue weighted by atomic mass is 35.5. The molecule has 0 bridgehead atoms. The number of methoxy groups -OCH3 is 1. The second-order valence-corrected chi connectivity index (χ2v) is 4.39. The molecule has 0 amide bonds. The quantitative estimate of drug-likeness (QED) is 0.805. The van der Waals surface area contributed by atoms with Gasteiger partial charge in [0.2, 0.25) is 0 Å². The van der Waals surface area contributed by atoms with Crippen molar-refractivity contribution in [3.8, 4) is 11.5 Å². The lowest BCUT2D eigenvalue weighted by Crippen LogP contribution is -2.33. The Bertz CT molecular complexity index is 451. The number of benzene rings is 1. The maximum Gasteiger partial charge on any atom is 0.320 e. The molecule has 0 fully saturated rings. The molecular weight excluding hydrogens is 270 g/mol. The molecule has 0 saturated carbocycles. The molecule has 0 heterocycles. The molecule has 1 unspecified atom stereocenters. The van der Waals surface area contributed by atoms with Gasteiger partial charge in [-0.3, -0.25) is 4.79 Å². The van der Waals surface area contributed by atoms with Gasteiger partial charge < -0.3 is 19.9 Å². The Labute approximate surface area is 117 Å². The Morgan fingerprint density at radius 3 is 2.74 bits per heavy atom. The molecule has 2 N–H and O–H groups in total. The SMILES string of the molecule is CCOc1cc(CNC(C)C(=O)O)cc(Cl)c1OC. The molecule has 0 aromatic heterocycles. The molecule has 0 saturated heterocycles. The van der Waals surface area contributed by atoms with Crippen molar-refractivity contribution < 1.29 is 19.4 Å². The van der Waals surface area contributed by atoms with Crippen LogP contribution in [0.5, 0.6) is 11.5 Å². The van der Waals surface area contributed by atoms with E-state index in [9.17, 15) is 4.79 Å². The zero-order valence-electron chi connectivity index (χ0n) is 11.2. The molecule has 1 atom stereocenters. The average Bonchev–Trinajstić information content (AvgIpc) is 2.36. The van der Waals surface area contributed by atoms with E-state index < -0.39 is 12.0 Å².